The third kappa shape index (κ3) is 5.99. The van der Waals surface area contributed by atoms with E-state index >= 15 is 0 Å². The number of halogens is 1. The van der Waals surface area contributed by atoms with Gasteiger partial charge in [-0.2, -0.15) is 0 Å². The summed E-state index contributed by atoms with van der Waals surface area (Å²) >= 11 is 0. The molecule has 1 atom stereocenters. The van der Waals surface area contributed by atoms with Crippen molar-refractivity contribution < 1.29 is 9.53 Å². The first-order chi connectivity index (χ1) is 11.1. The smallest absolute Gasteiger partial charge is 0.254 e. The molecular formula is C19H31ClN2O2. The molecule has 0 aliphatic carbocycles. The maximum atomic E-state index is 12.8. The highest BCUT2D eigenvalue weighted by atomic mass is 35.5. The van der Waals surface area contributed by atoms with Crippen LogP contribution in [0.4, 0.5) is 0 Å². The highest BCUT2D eigenvalue weighted by Gasteiger charge is 2.26. The Labute approximate surface area is 152 Å². The van der Waals surface area contributed by atoms with Crippen molar-refractivity contribution in [3.8, 4) is 5.75 Å². The molecule has 5 heteroatoms. The van der Waals surface area contributed by atoms with Gasteiger partial charge in [-0.15, -0.1) is 12.4 Å². The summed E-state index contributed by atoms with van der Waals surface area (Å²) in [5.74, 6) is 1.61. The minimum Gasteiger partial charge on any atom is -0.494 e. The van der Waals surface area contributed by atoms with Gasteiger partial charge in [-0.25, -0.2) is 0 Å². The zero-order valence-corrected chi connectivity index (χ0v) is 15.9. The molecule has 0 saturated carbocycles. The lowest BCUT2D eigenvalue weighted by Crippen LogP contribution is -2.42. The molecule has 0 bridgehead atoms. The fraction of sp³-hybridized carbons (Fsp3) is 0.632. The van der Waals surface area contributed by atoms with Gasteiger partial charge in [-0.05, 0) is 56.0 Å². The molecule has 1 aromatic carbocycles. The normalized spacial score (nSPS) is 16.8. The molecule has 24 heavy (non-hydrogen) atoms. The van der Waals surface area contributed by atoms with Crippen LogP contribution < -0.4 is 10.1 Å². The number of nitrogens with zero attached hydrogens (tertiary/aromatic N) is 1. The molecule has 4 nitrogen and oxygen atoms in total. The van der Waals surface area contributed by atoms with Crippen molar-refractivity contribution >= 4 is 18.3 Å². The number of amides is 1. The molecule has 1 aromatic rings. The van der Waals surface area contributed by atoms with Gasteiger partial charge in [0.25, 0.3) is 5.91 Å². The monoisotopic (exact) mass is 354 g/mol. The number of hydrogen-bond donors (Lipinski definition) is 1. The lowest BCUT2D eigenvalue weighted by atomic mass is 10.1. The molecule has 1 amide bonds. The van der Waals surface area contributed by atoms with Crippen LogP contribution in [-0.4, -0.2) is 43.1 Å². The quantitative estimate of drug-likeness (QED) is 0.773. The fourth-order valence-corrected chi connectivity index (χ4v) is 2.87. The molecule has 1 heterocycles. The van der Waals surface area contributed by atoms with E-state index < -0.39 is 0 Å². The van der Waals surface area contributed by atoms with Gasteiger partial charge in [-0.3, -0.25) is 4.79 Å². The van der Waals surface area contributed by atoms with Crippen LogP contribution in [0.15, 0.2) is 24.3 Å². The average Bonchev–Trinajstić information content (AvgIpc) is 3.06. The topological polar surface area (TPSA) is 41.6 Å². The molecule has 1 fully saturated rings. The van der Waals surface area contributed by atoms with Gasteiger partial charge < -0.3 is 15.0 Å². The van der Waals surface area contributed by atoms with E-state index in [0.29, 0.717) is 12.0 Å². The number of hydrogen-bond acceptors (Lipinski definition) is 3. The van der Waals surface area contributed by atoms with Crippen LogP contribution in [0.2, 0.25) is 0 Å². The van der Waals surface area contributed by atoms with Crippen molar-refractivity contribution in [2.75, 3.05) is 26.2 Å². The van der Waals surface area contributed by atoms with Gasteiger partial charge in [0.15, 0.2) is 0 Å². The predicted molar refractivity (Wildman–Crippen MR) is 101 cm³/mol. The largest absolute Gasteiger partial charge is 0.494 e. The second-order valence-corrected chi connectivity index (χ2v) is 6.70. The van der Waals surface area contributed by atoms with Crippen molar-refractivity contribution in [3.63, 3.8) is 0 Å². The third-order valence-electron chi connectivity index (χ3n) is 4.27. The summed E-state index contributed by atoms with van der Waals surface area (Å²) in [6.07, 6.45) is 3.07. The van der Waals surface area contributed by atoms with Crippen LogP contribution in [0.25, 0.3) is 0 Å². The number of ether oxygens (including phenoxy) is 1. The Morgan fingerprint density at radius 2 is 2.04 bits per heavy atom. The first-order valence-electron chi connectivity index (χ1n) is 8.86. The molecule has 136 valence electrons. The summed E-state index contributed by atoms with van der Waals surface area (Å²) in [5, 5.41) is 3.34. The molecule has 1 saturated heterocycles. The van der Waals surface area contributed by atoms with Crippen LogP contribution in [0.1, 0.15) is 50.4 Å². The molecule has 0 spiro atoms. The van der Waals surface area contributed by atoms with Crippen molar-refractivity contribution in [1.29, 1.82) is 0 Å². The van der Waals surface area contributed by atoms with E-state index in [0.717, 1.165) is 56.8 Å². The minimum atomic E-state index is 0. The fourth-order valence-electron chi connectivity index (χ4n) is 2.87. The molecule has 1 N–H and O–H groups in total. The first-order valence-corrected chi connectivity index (χ1v) is 8.86. The van der Waals surface area contributed by atoms with E-state index in [-0.39, 0.29) is 18.3 Å². The molecule has 2 rings (SSSR count). The van der Waals surface area contributed by atoms with Crippen LogP contribution in [-0.2, 0) is 0 Å². The third-order valence-corrected chi connectivity index (χ3v) is 4.27. The summed E-state index contributed by atoms with van der Waals surface area (Å²) in [6, 6.07) is 7.91. The summed E-state index contributed by atoms with van der Waals surface area (Å²) < 4.78 is 5.72. The molecular weight excluding hydrogens is 324 g/mol. The van der Waals surface area contributed by atoms with Crippen LogP contribution in [0.3, 0.4) is 0 Å². The lowest BCUT2D eigenvalue weighted by molar-refractivity contribution is 0.0692. The maximum Gasteiger partial charge on any atom is 0.254 e. The number of rotatable bonds is 8. The van der Waals surface area contributed by atoms with E-state index in [4.69, 9.17) is 4.74 Å². The van der Waals surface area contributed by atoms with Crippen LogP contribution in [0, 0.1) is 5.92 Å². The summed E-state index contributed by atoms with van der Waals surface area (Å²) in [5.41, 5.74) is 0.751. The van der Waals surface area contributed by atoms with E-state index in [1.165, 1.54) is 0 Å². The van der Waals surface area contributed by atoms with Crippen molar-refractivity contribution in [3.05, 3.63) is 29.8 Å². The predicted octanol–water partition coefficient (Wildman–Crippen LogP) is 3.75. The number of carbonyl (C=O) groups excluding carboxylic acids is 1. The first kappa shape index (κ1) is 20.8. The van der Waals surface area contributed by atoms with Gasteiger partial charge >= 0.3 is 0 Å². The Morgan fingerprint density at radius 3 is 2.58 bits per heavy atom. The Bertz CT molecular complexity index is 485. The van der Waals surface area contributed by atoms with Crippen LogP contribution >= 0.6 is 12.4 Å². The standard InChI is InChI=1S/C19H30N2O2.ClH/c1-4-12-21(17-9-11-20-14-17)19(22)16-5-7-18(8-6-16)23-13-10-15(2)3;/h5-8,15,17,20H,4,9-14H2,1-3H3;1H. The summed E-state index contributed by atoms with van der Waals surface area (Å²) in [6.45, 7) is 9.94. The summed E-state index contributed by atoms with van der Waals surface area (Å²) in [7, 11) is 0. The minimum absolute atomic E-state index is 0. The highest BCUT2D eigenvalue weighted by molar-refractivity contribution is 5.94. The van der Waals surface area contributed by atoms with Gasteiger partial charge in [-0.1, -0.05) is 20.8 Å². The van der Waals surface area contributed by atoms with Crippen molar-refractivity contribution in [1.82, 2.24) is 10.2 Å². The molecule has 1 aliphatic rings. The summed E-state index contributed by atoms with van der Waals surface area (Å²) in [4.78, 5) is 14.8. The number of carbonyl (C=O) groups is 1. The van der Waals surface area contributed by atoms with E-state index in [1.54, 1.807) is 0 Å². The number of nitrogens with one attached hydrogen (secondary N) is 1. The second-order valence-electron chi connectivity index (χ2n) is 6.70. The Kier molecular flexibility index (Phi) is 9.16. The van der Waals surface area contributed by atoms with Gasteiger partial charge in [0.05, 0.1) is 6.61 Å². The van der Waals surface area contributed by atoms with Gasteiger partial charge in [0.2, 0.25) is 0 Å². The van der Waals surface area contributed by atoms with Gasteiger partial charge in [0, 0.05) is 24.7 Å². The second kappa shape index (κ2) is 10.6. The molecule has 0 radical (unpaired) electrons. The van der Waals surface area contributed by atoms with E-state index in [9.17, 15) is 4.79 Å². The Morgan fingerprint density at radius 1 is 1.33 bits per heavy atom. The Balaban J connectivity index is 0.00000288. The highest BCUT2D eigenvalue weighted by Crippen LogP contribution is 2.18. The zero-order valence-electron chi connectivity index (χ0n) is 15.1. The maximum absolute atomic E-state index is 12.8. The average molecular weight is 355 g/mol. The van der Waals surface area contributed by atoms with Crippen LogP contribution in [0.5, 0.6) is 5.75 Å². The Hall–Kier alpha value is -1.26. The number of benzene rings is 1. The molecule has 1 aliphatic heterocycles. The van der Waals surface area contributed by atoms with E-state index in [1.807, 2.05) is 29.2 Å². The van der Waals surface area contributed by atoms with E-state index in [2.05, 4.69) is 26.1 Å². The molecule has 0 aromatic heterocycles. The lowest BCUT2D eigenvalue weighted by Gasteiger charge is -2.28. The SMILES string of the molecule is CCCN(C(=O)c1ccc(OCCC(C)C)cc1)C1CCNC1.Cl. The molecule has 1 unspecified atom stereocenters. The van der Waals surface area contributed by atoms with Crippen molar-refractivity contribution in [2.45, 2.75) is 46.1 Å². The van der Waals surface area contributed by atoms with Gasteiger partial charge in [0.1, 0.15) is 5.75 Å². The van der Waals surface area contributed by atoms with Crippen molar-refractivity contribution in [2.24, 2.45) is 5.92 Å². The zero-order chi connectivity index (χ0) is 16.7.